The molecule has 0 saturated heterocycles. The van der Waals surface area contributed by atoms with Crippen molar-refractivity contribution in [2.24, 2.45) is 5.84 Å². The Morgan fingerprint density at radius 3 is 2.79 bits per heavy atom. The molecular weight excluding hydrogens is 240 g/mol. The molecule has 1 aliphatic carbocycles. The number of ether oxygens (including phenoxy) is 1. The van der Waals surface area contributed by atoms with Crippen molar-refractivity contribution in [2.75, 3.05) is 6.61 Å². The molecule has 0 radical (unpaired) electrons. The summed E-state index contributed by atoms with van der Waals surface area (Å²) in [5.41, 5.74) is 2.86. The summed E-state index contributed by atoms with van der Waals surface area (Å²) in [6.07, 6.45) is 9.31. The molecule has 3 N–H and O–H groups in total. The van der Waals surface area contributed by atoms with Gasteiger partial charge in [0, 0.05) is 32.0 Å². The first kappa shape index (κ1) is 14.5. The van der Waals surface area contributed by atoms with Crippen molar-refractivity contribution in [3.8, 4) is 0 Å². The van der Waals surface area contributed by atoms with Gasteiger partial charge in [-0.15, -0.1) is 0 Å². The van der Waals surface area contributed by atoms with Crippen molar-refractivity contribution in [2.45, 2.75) is 64.1 Å². The van der Waals surface area contributed by atoms with Gasteiger partial charge >= 0.3 is 0 Å². The number of aromatic nitrogens is 2. The van der Waals surface area contributed by atoms with Crippen LogP contribution in [0.4, 0.5) is 0 Å². The Balaban J connectivity index is 2.14. The van der Waals surface area contributed by atoms with Gasteiger partial charge in [0.2, 0.25) is 0 Å². The Hall–Kier alpha value is -0.910. The van der Waals surface area contributed by atoms with Crippen LogP contribution in [0.15, 0.2) is 12.4 Å². The Bertz CT molecular complexity index is 385. The van der Waals surface area contributed by atoms with Crippen LogP contribution in [0, 0.1) is 0 Å². The van der Waals surface area contributed by atoms with E-state index in [2.05, 4.69) is 28.8 Å². The second-order valence-electron chi connectivity index (χ2n) is 5.26. The topological polar surface area (TPSA) is 65.1 Å². The SMILES string of the molecule is CCOC1(C(Cc2nccn2CC)NN)CCCC1. The summed E-state index contributed by atoms with van der Waals surface area (Å²) in [6.45, 7) is 5.86. The van der Waals surface area contributed by atoms with Crippen LogP contribution in [0.3, 0.4) is 0 Å². The molecule has 108 valence electrons. The molecule has 0 aromatic carbocycles. The highest BCUT2D eigenvalue weighted by Crippen LogP contribution is 2.37. The molecule has 0 aliphatic heterocycles. The summed E-state index contributed by atoms with van der Waals surface area (Å²) in [5, 5.41) is 0. The maximum Gasteiger partial charge on any atom is 0.110 e. The number of nitrogens with one attached hydrogen (secondary N) is 1. The number of rotatable bonds is 7. The third-order valence-corrected chi connectivity index (χ3v) is 4.25. The summed E-state index contributed by atoms with van der Waals surface area (Å²) < 4.78 is 8.25. The van der Waals surface area contributed by atoms with E-state index in [0.717, 1.165) is 38.2 Å². The smallest absolute Gasteiger partial charge is 0.110 e. The summed E-state index contributed by atoms with van der Waals surface area (Å²) in [7, 11) is 0. The zero-order chi connectivity index (χ0) is 13.7. The van der Waals surface area contributed by atoms with Crippen molar-refractivity contribution in [3.63, 3.8) is 0 Å². The highest BCUT2D eigenvalue weighted by atomic mass is 16.5. The van der Waals surface area contributed by atoms with Crippen molar-refractivity contribution in [3.05, 3.63) is 18.2 Å². The van der Waals surface area contributed by atoms with Crippen LogP contribution in [0.5, 0.6) is 0 Å². The number of nitrogens with two attached hydrogens (primary N) is 1. The van der Waals surface area contributed by atoms with E-state index >= 15 is 0 Å². The molecule has 1 unspecified atom stereocenters. The molecule has 1 aliphatic rings. The maximum absolute atomic E-state index is 6.09. The first-order valence-electron chi connectivity index (χ1n) is 7.36. The first-order chi connectivity index (χ1) is 9.25. The molecular formula is C14H26N4O. The van der Waals surface area contributed by atoms with Crippen LogP contribution in [-0.4, -0.2) is 27.8 Å². The largest absolute Gasteiger partial charge is 0.374 e. The number of aryl methyl sites for hydroxylation is 1. The second kappa shape index (κ2) is 6.50. The van der Waals surface area contributed by atoms with Crippen molar-refractivity contribution in [1.82, 2.24) is 15.0 Å². The fourth-order valence-electron chi connectivity index (χ4n) is 3.25. The minimum Gasteiger partial charge on any atom is -0.374 e. The molecule has 1 saturated carbocycles. The Labute approximate surface area is 115 Å². The molecule has 1 heterocycles. The van der Waals surface area contributed by atoms with Gasteiger partial charge in [-0.05, 0) is 26.7 Å². The van der Waals surface area contributed by atoms with E-state index in [1.54, 1.807) is 0 Å². The first-order valence-corrected chi connectivity index (χ1v) is 7.36. The number of hydrogen-bond donors (Lipinski definition) is 2. The fraction of sp³-hybridized carbons (Fsp3) is 0.786. The van der Waals surface area contributed by atoms with E-state index in [1.807, 2.05) is 12.4 Å². The zero-order valence-electron chi connectivity index (χ0n) is 12.1. The van der Waals surface area contributed by atoms with Crippen molar-refractivity contribution >= 4 is 0 Å². The van der Waals surface area contributed by atoms with Crippen LogP contribution >= 0.6 is 0 Å². The Morgan fingerprint density at radius 2 is 2.21 bits per heavy atom. The van der Waals surface area contributed by atoms with Crippen molar-refractivity contribution < 1.29 is 4.74 Å². The summed E-state index contributed by atoms with van der Waals surface area (Å²) in [6, 6.07) is 0.127. The Kier molecular flexibility index (Phi) is 4.96. The monoisotopic (exact) mass is 266 g/mol. The lowest BCUT2D eigenvalue weighted by atomic mass is 9.89. The lowest BCUT2D eigenvalue weighted by Gasteiger charge is -2.37. The number of nitrogens with zero attached hydrogens (tertiary/aromatic N) is 2. The molecule has 1 aromatic heterocycles. The van der Waals surface area contributed by atoms with Gasteiger partial charge in [0.05, 0.1) is 11.6 Å². The zero-order valence-corrected chi connectivity index (χ0v) is 12.1. The van der Waals surface area contributed by atoms with E-state index in [4.69, 9.17) is 10.6 Å². The van der Waals surface area contributed by atoms with Gasteiger partial charge in [0.1, 0.15) is 5.82 Å². The molecule has 1 atom stereocenters. The minimum absolute atomic E-state index is 0.117. The molecule has 0 amide bonds. The summed E-state index contributed by atoms with van der Waals surface area (Å²) in [5.74, 6) is 6.89. The second-order valence-corrected chi connectivity index (χ2v) is 5.26. The number of hydrogen-bond acceptors (Lipinski definition) is 4. The highest BCUT2D eigenvalue weighted by Gasteiger charge is 2.42. The maximum atomic E-state index is 6.09. The normalized spacial score (nSPS) is 19.7. The Morgan fingerprint density at radius 1 is 1.47 bits per heavy atom. The summed E-state index contributed by atoms with van der Waals surface area (Å²) in [4.78, 5) is 4.45. The van der Waals surface area contributed by atoms with Gasteiger partial charge < -0.3 is 9.30 Å². The van der Waals surface area contributed by atoms with Crippen molar-refractivity contribution in [1.29, 1.82) is 0 Å². The predicted molar refractivity (Wildman–Crippen MR) is 75.5 cm³/mol. The predicted octanol–water partition coefficient (Wildman–Crippen LogP) is 1.63. The van der Waals surface area contributed by atoms with Gasteiger partial charge in [-0.2, -0.15) is 0 Å². The summed E-state index contributed by atoms with van der Waals surface area (Å²) >= 11 is 0. The molecule has 5 heteroatoms. The molecule has 1 fully saturated rings. The third kappa shape index (κ3) is 2.99. The standard InChI is InChI=1S/C14H26N4O/c1-3-18-10-9-16-13(18)11-12(17-15)14(19-4-2)7-5-6-8-14/h9-10,12,17H,3-8,11,15H2,1-2H3. The molecule has 5 nitrogen and oxygen atoms in total. The highest BCUT2D eigenvalue weighted by molar-refractivity contribution is 5.03. The fourth-order valence-corrected chi connectivity index (χ4v) is 3.25. The van der Waals surface area contributed by atoms with Gasteiger partial charge in [-0.25, -0.2) is 4.98 Å². The third-order valence-electron chi connectivity index (χ3n) is 4.25. The van der Waals surface area contributed by atoms with Gasteiger partial charge in [-0.1, -0.05) is 12.8 Å². The lowest BCUT2D eigenvalue weighted by Crippen LogP contribution is -2.55. The van der Waals surface area contributed by atoms with Crippen LogP contribution < -0.4 is 11.3 Å². The molecule has 19 heavy (non-hydrogen) atoms. The van der Waals surface area contributed by atoms with Gasteiger partial charge in [0.15, 0.2) is 0 Å². The van der Waals surface area contributed by atoms with Crippen LogP contribution in [0.25, 0.3) is 0 Å². The van der Waals surface area contributed by atoms with E-state index in [-0.39, 0.29) is 11.6 Å². The van der Waals surface area contributed by atoms with Gasteiger partial charge in [0.25, 0.3) is 0 Å². The number of imidazole rings is 1. The van der Waals surface area contributed by atoms with E-state index in [9.17, 15) is 0 Å². The lowest BCUT2D eigenvalue weighted by molar-refractivity contribution is -0.0618. The van der Waals surface area contributed by atoms with E-state index in [1.165, 1.54) is 12.8 Å². The van der Waals surface area contributed by atoms with Crippen LogP contribution in [0.2, 0.25) is 0 Å². The molecule has 0 spiro atoms. The average Bonchev–Trinajstić information content (AvgIpc) is 3.05. The molecule has 1 aromatic rings. The van der Waals surface area contributed by atoms with Crippen LogP contribution in [-0.2, 0) is 17.7 Å². The quantitative estimate of drug-likeness (QED) is 0.581. The van der Waals surface area contributed by atoms with Gasteiger partial charge in [-0.3, -0.25) is 11.3 Å². The minimum atomic E-state index is -0.117. The molecule has 0 bridgehead atoms. The average molecular weight is 266 g/mol. The molecule has 2 rings (SSSR count). The van der Waals surface area contributed by atoms with E-state index in [0.29, 0.717) is 0 Å². The van der Waals surface area contributed by atoms with Crippen LogP contribution in [0.1, 0.15) is 45.4 Å². The van der Waals surface area contributed by atoms with E-state index < -0.39 is 0 Å². The number of hydrazine groups is 1.